The lowest BCUT2D eigenvalue weighted by molar-refractivity contribution is 0.0639. The molecule has 1 aliphatic carbocycles. The summed E-state index contributed by atoms with van der Waals surface area (Å²) in [4.78, 5) is 14.4. The van der Waals surface area contributed by atoms with E-state index >= 15 is 0 Å². The number of hydrogen-bond acceptors (Lipinski definition) is 4. The third kappa shape index (κ3) is 3.04. The molecule has 1 fully saturated rings. The number of anilines is 1. The number of nitrogens with two attached hydrogens (primary N) is 1. The van der Waals surface area contributed by atoms with Gasteiger partial charge in [-0.25, -0.2) is 0 Å². The molecule has 0 unspecified atom stereocenters. The second-order valence-electron chi connectivity index (χ2n) is 5.11. The number of carbonyl (C=O) groups is 1. The molecule has 0 aliphatic heterocycles. The number of methoxy groups -OCH3 is 1. The maximum atomic E-state index is 12.6. The molecule has 0 bridgehead atoms. The molecule has 0 saturated heterocycles. The lowest BCUT2D eigenvalue weighted by atomic mass is 10.1. The van der Waals surface area contributed by atoms with E-state index in [1.165, 1.54) is 0 Å². The third-order valence-electron chi connectivity index (χ3n) is 3.86. The van der Waals surface area contributed by atoms with Gasteiger partial charge in [0.1, 0.15) is 5.75 Å². The predicted octanol–water partition coefficient (Wildman–Crippen LogP) is 1.65. The van der Waals surface area contributed by atoms with Crippen molar-refractivity contribution in [3.8, 4) is 5.75 Å². The number of aliphatic hydroxyl groups is 1. The lowest BCUT2D eigenvalue weighted by Gasteiger charge is -2.29. The van der Waals surface area contributed by atoms with Gasteiger partial charge in [0.25, 0.3) is 5.91 Å². The van der Waals surface area contributed by atoms with Gasteiger partial charge >= 0.3 is 0 Å². The van der Waals surface area contributed by atoms with E-state index in [0.717, 1.165) is 25.7 Å². The molecule has 0 spiro atoms. The number of amides is 1. The number of benzene rings is 1. The summed E-state index contributed by atoms with van der Waals surface area (Å²) in [7, 11) is 1.56. The SMILES string of the molecule is COc1ccc(C(=O)N(CCO)C2CCCC2)c(N)c1. The number of hydrogen-bond donors (Lipinski definition) is 2. The van der Waals surface area contributed by atoms with Crippen molar-refractivity contribution in [1.82, 2.24) is 4.90 Å². The molecule has 20 heavy (non-hydrogen) atoms. The first kappa shape index (κ1) is 14.7. The fourth-order valence-corrected chi connectivity index (χ4v) is 2.79. The Kier molecular flexibility index (Phi) is 4.84. The van der Waals surface area contributed by atoms with Crippen LogP contribution in [0, 0.1) is 0 Å². The molecule has 0 heterocycles. The Labute approximate surface area is 119 Å². The Morgan fingerprint density at radius 3 is 2.70 bits per heavy atom. The summed E-state index contributed by atoms with van der Waals surface area (Å²) in [6.45, 7) is 0.327. The van der Waals surface area contributed by atoms with Crippen LogP contribution in [-0.2, 0) is 0 Å². The monoisotopic (exact) mass is 278 g/mol. The molecular weight excluding hydrogens is 256 g/mol. The van der Waals surface area contributed by atoms with E-state index in [-0.39, 0.29) is 18.6 Å². The van der Waals surface area contributed by atoms with Crippen LogP contribution < -0.4 is 10.5 Å². The van der Waals surface area contributed by atoms with Crippen LogP contribution in [0.5, 0.6) is 5.75 Å². The highest BCUT2D eigenvalue weighted by atomic mass is 16.5. The fourth-order valence-electron chi connectivity index (χ4n) is 2.79. The number of nitrogens with zero attached hydrogens (tertiary/aromatic N) is 1. The Morgan fingerprint density at radius 2 is 2.15 bits per heavy atom. The van der Waals surface area contributed by atoms with Crippen LogP contribution in [0.25, 0.3) is 0 Å². The van der Waals surface area contributed by atoms with Gasteiger partial charge in [-0.3, -0.25) is 4.79 Å². The van der Waals surface area contributed by atoms with Gasteiger partial charge in [0.05, 0.1) is 19.3 Å². The van der Waals surface area contributed by atoms with E-state index in [1.54, 1.807) is 30.2 Å². The molecule has 1 aromatic rings. The summed E-state index contributed by atoms with van der Waals surface area (Å²) in [6, 6.07) is 5.29. The van der Waals surface area contributed by atoms with Gasteiger partial charge in [-0.2, -0.15) is 0 Å². The highest BCUT2D eigenvalue weighted by Gasteiger charge is 2.27. The van der Waals surface area contributed by atoms with E-state index in [4.69, 9.17) is 10.5 Å². The Bertz CT molecular complexity index is 470. The van der Waals surface area contributed by atoms with Gasteiger partial charge in [-0.05, 0) is 25.0 Å². The highest BCUT2D eigenvalue weighted by molar-refractivity contribution is 5.99. The van der Waals surface area contributed by atoms with E-state index in [2.05, 4.69) is 0 Å². The number of carbonyl (C=O) groups excluding carboxylic acids is 1. The summed E-state index contributed by atoms with van der Waals surface area (Å²) in [5.74, 6) is 0.528. The number of nitrogen functional groups attached to an aromatic ring is 1. The Hall–Kier alpha value is -1.75. The predicted molar refractivity (Wildman–Crippen MR) is 77.8 cm³/mol. The van der Waals surface area contributed by atoms with Crippen molar-refractivity contribution < 1.29 is 14.6 Å². The maximum Gasteiger partial charge on any atom is 0.256 e. The first-order valence-electron chi connectivity index (χ1n) is 7.02. The van der Waals surface area contributed by atoms with Gasteiger partial charge < -0.3 is 20.5 Å². The summed E-state index contributed by atoms with van der Waals surface area (Å²) in [6.07, 6.45) is 4.28. The van der Waals surface area contributed by atoms with Gasteiger partial charge in [0.2, 0.25) is 0 Å². The normalized spacial score (nSPS) is 15.3. The minimum absolute atomic E-state index is 0.0295. The van der Waals surface area contributed by atoms with Crippen molar-refractivity contribution in [3.05, 3.63) is 23.8 Å². The molecular formula is C15H22N2O3. The quantitative estimate of drug-likeness (QED) is 0.803. The molecule has 0 radical (unpaired) electrons. The van der Waals surface area contributed by atoms with Crippen molar-refractivity contribution in [2.24, 2.45) is 0 Å². The molecule has 2 rings (SSSR count). The standard InChI is InChI=1S/C15H22N2O3/c1-20-12-6-7-13(14(16)10-12)15(19)17(8-9-18)11-4-2-3-5-11/h6-7,10-11,18H,2-5,8-9,16H2,1H3. The molecule has 5 heteroatoms. The van der Waals surface area contributed by atoms with Crippen molar-refractivity contribution in [2.75, 3.05) is 26.0 Å². The largest absolute Gasteiger partial charge is 0.497 e. The molecule has 3 N–H and O–H groups in total. The minimum Gasteiger partial charge on any atom is -0.497 e. The van der Waals surface area contributed by atoms with Crippen LogP contribution in [-0.4, -0.2) is 42.2 Å². The Morgan fingerprint density at radius 1 is 1.45 bits per heavy atom. The first-order valence-corrected chi connectivity index (χ1v) is 7.02. The molecule has 1 aromatic carbocycles. The topological polar surface area (TPSA) is 75.8 Å². The van der Waals surface area contributed by atoms with Crippen LogP contribution in [0.15, 0.2) is 18.2 Å². The van der Waals surface area contributed by atoms with Crippen molar-refractivity contribution in [1.29, 1.82) is 0 Å². The minimum atomic E-state index is -0.105. The lowest BCUT2D eigenvalue weighted by Crippen LogP contribution is -2.41. The van der Waals surface area contributed by atoms with Crippen molar-refractivity contribution >= 4 is 11.6 Å². The van der Waals surface area contributed by atoms with Crippen LogP contribution in [0.4, 0.5) is 5.69 Å². The Balaban J connectivity index is 2.22. The number of aliphatic hydroxyl groups excluding tert-OH is 1. The number of ether oxygens (including phenoxy) is 1. The zero-order valence-corrected chi connectivity index (χ0v) is 11.8. The van der Waals surface area contributed by atoms with Gasteiger partial charge in [-0.15, -0.1) is 0 Å². The zero-order valence-electron chi connectivity index (χ0n) is 11.8. The smallest absolute Gasteiger partial charge is 0.256 e. The first-order chi connectivity index (χ1) is 9.67. The average molecular weight is 278 g/mol. The summed E-state index contributed by atoms with van der Waals surface area (Å²) >= 11 is 0. The molecule has 0 atom stereocenters. The van der Waals surface area contributed by atoms with Crippen LogP contribution in [0.1, 0.15) is 36.0 Å². The second kappa shape index (κ2) is 6.61. The summed E-state index contributed by atoms with van der Waals surface area (Å²) in [5.41, 5.74) is 6.83. The summed E-state index contributed by atoms with van der Waals surface area (Å²) < 4.78 is 5.09. The molecule has 1 amide bonds. The molecule has 0 aromatic heterocycles. The highest BCUT2D eigenvalue weighted by Crippen LogP contribution is 2.27. The van der Waals surface area contributed by atoms with E-state index in [0.29, 0.717) is 23.5 Å². The van der Waals surface area contributed by atoms with Gasteiger partial charge in [0.15, 0.2) is 0 Å². The maximum absolute atomic E-state index is 12.6. The van der Waals surface area contributed by atoms with Gasteiger partial charge in [0, 0.05) is 24.3 Å². The van der Waals surface area contributed by atoms with E-state index in [1.807, 2.05) is 0 Å². The molecule has 1 aliphatic rings. The van der Waals surface area contributed by atoms with Gasteiger partial charge in [-0.1, -0.05) is 12.8 Å². The summed E-state index contributed by atoms with van der Waals surface area (Å²) in [5, 5.41) is 9.20. The van der Waals surface area contributed by atoms with Crippen LogP contribution in [0.2, 0.25) is 0 Å². The fraction of sp³-hybridized carbons (Fsp3) is 0.533. The third-order valence-corrected chi connectivity index (χ3v) is 3.86. The molecule has 1 saturated carbocycles. The molecule has 5 nitrogen and oxygen atoms in total. The van der Waals surface area contributed by atoms with Crippen LogP contribution >= 0.6 is 0 Å². The average Bonchev–Trinajstić information content (AvgIpc) is 2.97. The van der Waals surface area contributed by atoms with Crippen molar-refractivity contribution in [3.63, 3.8) is 0 Å². The van der Waals surface area contributed by atoms with E-state index in [9.17, 15) is 9.90 Å². The van der Waals surface area contributed by atoms with Crippen LogP contribution in [0.3, 0.4) is 0 Å². The number of rotatable bonds is 5. The second-order valence-corrected chi connectivity index (χ2v) is 5.11. The van der Waals surface area contributed by atoms with E-state index < -0.39 is 0 Å². The zero-order chi connectivity index (χ0) is 14.5. The van der Waals surface area contributed by atoms with Crippen molar-refractivity contribution in [2.45, 2.75) is 31.7 Å². The molecule has 110 valence electrons.